The van der Waals surface area contributed by atoms with Crippen LogP contribution >= 0.6 is 0 Å². The third-order valence-corrected chi connectivity index (χ3v) is 4.32. The highest BCUT2D eigenvalue weighted by atomic mass is 16.5. The van der Waals surface area contributed by atoms with Gasteiger partial charge in [0.1, 0.15) is 0 Å². The first-order valence-corrected chi connectivity index (χ1v) is 9.63. The van der Waals surface area contributed by atoms with E-state index >= 15 is 0 Å². The fourth-order valence-electron chi connectivity index (χ4n) is 2.81. The number of benzene rings is 1. The largest absolute Gasteiger partial charge is 0.465 e. The minimum Gasteiger partial charge on any atom is -0.465 e. The van der Waals surface area contributed by atoms with Crippen molar-refractivity contribution in [3.8, 4) is 0 Å². The highest BCUT2D eigenvalue weighted by molar-refractivity contribution is 5.99. The molecule has 0 spiro atoms. The zero-order chi connectivity index (χ0) is 20.1. The molecule has 0 saturated carbocycles. The van der Waals surface area contributed by atoms with Gasteiger partial charge in [0.25, 0.3) is 0 Å². The molecule has 0 unspecified atom stereocenters. The molecule has 6 heteroatoms. The Labute approximate surface area is 161 Å². The van der Waals surface area contributed by atoms with Crippen molar-refractivity contribution in [2.75, 3.05) is 19.5 Å². The second kappa shape index (κ2) is 12.9. The Bertz CT molecular complexity index is 593. The second-order valence-corrected chi connectivity index (χ2v) is 6.56. The molecule has 0 aromatic heterocycles. The number of ether oxygens (including phenoxy) is 2. The maximum Gasteiger partial charge on any atom is 0.337 e. The summed E-state index contributed by atoms with van der Waals surface area (Å²) in [5.41, 5.74) is 0.744. The summed E-state index contributed by atoms with van der Waals surface area (Å²) in [7, 11) is 2.52. The third kappa shape index (κ3) is 8.71. The molecule has 0 saturated heterocycles. The van der Waals surface area contributed by atoms with Crippen LogP contribution in [-0.4, -0.2) is 32.1 Å². The topological polar surface area (TPSA) is 81.7 Å². The lowest BCUT2D eigenvalue weighted by molar-refractivity contribution is -0.116. The lowest BCUT2D eigenvalue weighted by Gasteiger charge is -2.09. The van der Waals surface area contributed by atoms with Gasteiger partial charge in [-0.05, 0) is 24.6 Å². The smallest absolute Gasteiger partial charge is 0.337 e. The van der Waals surface area contributed by atoms with Crippen molar-refractivity contribution in [2.24, 2.45) is 0 Å². The van der Waals surface area contributed by atoms with Crippen LogP contribution in [0.25, 0.3) is 0 Å². The van der Waals surface area contributed by atoms with Gasteiger partial charge in [0, 0.05) is 12.1 Å². The summed E-state index contributed by atoms with van der Waals surface area (Å²) in [6.07, 6.45) is 9.69. The second-order valence-electron chi connectivity index (χ2n) is 6.56. The van der Waals surface area contributed by atoms with Gasteiger partial charge < -0.3 is 14.8 Å². The number of carbonyl (C=O) groups is 3. The summed E-state index contributed by atoms with van der Waals surface area (Å²) in [6, 6.07) is 4.36. The van der Waals surface area contributed by atoms with E-state index in [1.54, 1.807) is 0 Å². The van der Waals surface area contributed by atoms with E-state index in [0.717, 1.165) is 19.3 Å². The van der Waals surface area contributed by atoms with Crippen LogP contribution in [0.5, 0.6) is 0 Å². The molecule has 1 aromatic rings. The van der Waals surface area contributed by atoms with Crippen LogP contribution in [0.2, 0.25) is 0 Å². The molecule has 0 heterocycles. The average molecular weight is 377 g/mol. The van der Waals surface area contributed by atoms with E-state index in [-0.39, 0.29) is 17.0 Å². The number of amides is 1. The third-order valence-electron chi connectivity index (χ3n) is 4.32. The monoisotopic (exact) mass is 377 g/mol. The quantitative estimate of drug-likeness (QED) is 0.421. The maximum atomic E-state index is 12.1. The van der Waals surface area contributed by atoms with Gasteiger partial charge in [0.2, 0.25) is 5.91 Å². The molecule has 1 rings (SSSR count). The van der Waals surface area contributed by atoms with Gasteiger partial charge >= 0.3 is 11.9 Å². The van der Waals surface area contributed by atoms with Gasteiger partial charge in [-0.2, -0.15) is 0 Å². The minimum atomic E-state index is -0.584. The summed E-state index contributed by atoms with van der Waals surface area (Å²) in [5.74, 6) is -1.31. The minimum absolute atomic E-state index is 0.140. The molecule has 1 N–H and O–H groups in total. The number of hydrogen-bond acceptors (Lipinski definition) is 5. The van der Waals surface area contributed by atoms with E-state index in [0.29, 0.717) is 12.1 Å². The van der Waals surface area contributed by atoms with Gasteiger partial charge in [-0.1, -0.05) is 51.9 Å². The van der Waals surface area contributed by atoms with E-state index < -0.39 is 11.9 Å². The van der Waals surface area contributed by atoms with Crippen LogP contribution in [0.4, 0.5) is 5.69 Å². The van der Waals surface area contributed by atoms with Gasteiger partial charge in [0.15, 0.2) is 0 Å². The van der Waals surface area contributed by atoms with Crippen LogP contribution in [0.3, 0.4) is 0 Å². The van der Waals surface area contributed by atoms with Crippen LogP contribution in [-0.2, 0) is 14.3 Å². The number of rotatable bonds is 12. The molecular weight excluding hydrogens is 346 g/mol. The number of anilines is 1. The first-order valence-electron chi connectivity index (χ1n) is 9.63. The zero-order valence-corrected chi connectivity index (χ0v) is 16.6. The summed E-state index contributed by atoms with van der Waals surface area (Å²) in [5, 5.41) is 2.74. The molecule has 150 valence electrons. The fraction of sp³-hybridized carbons (Fsp3) is 0.571. The van der Waals surface area contributed by atoms with Gasteiger partial charge in [-0.25, -0.2) is 9.59 Å². The lowest BCUT2D eigenvalue weighted by atomic mass is 10.1. The molecule has 0 atom stereocenters. The molecule has 6 nitrogen and oxygen atoms in total. The Morgan fingerprint density at radius 2 is 1.26 bits per heavy atom. The highest BCUT2D eigenvalue weighted by Crippen LogP contribution is 2.18. The van der Waals surface area contributed by atoms with Crippen molar-refractivity contribution < 1.29 is 23.9 Å². The van der Waals surface area contributed by atoms with Gasteiger partial charge in [-0.3, -0.25) is 4.79 Å². The van der Waals surface area contributed by atoms with Crippen molar-refractivity contribution in [1.82, 2.24) is 0 Å². The summed E-state index contributed by atoms with van der Waals surface area (Å²) in [4.78, 5) is 35.7. The molecule has 0 aliphatic rings. The van der Waals surface area contributed by atoms with Crippen LogP contribution in [0.15, 0.2) is 18.2 Å². The highest BCUT2D eigenvalue weighted by Gasteiger charge is 2.14. The van der Waals surface area contributed by atoms with E-state index in [2.05, 4.69) is 21.7 Å². The molecule has 0 aliphatic carbocycles. The van der Waals surface area contributed by atoms with Crippen LogP contribution in [0, 0.1) is 0 Å². The Morgan fingerprint density at radius 1 is 0.778 bits per heavy atom. The SMILES string of the molecule is CCCCCCCCCCC(=O)Nc1cc(C(=O)OC)cc(C(=O)OC)c1. The van der Waals surface area contributed by atoms with E-state index in [1.807, 2.05) is 0 Å². The zero-order valence-electron chi connectivity index (χ0n) is 16.6. The molecule has 0 aliphatic heterocycles. The molecule has 1 amide bonds. The van der Waals surface area contributed by atoms with E-state index in [1.165, 1.54) is 64.5 Å². The number of methoxy groups -OCH3 is 2. The summed E-state index contributed by atoms with van der Waals surface area (Å²) >= 11 is 0. The van der Waals surface area contributed by atoms with Crippen molar-refractivity contribution in [3.63, 3.8) is 0 Å². The molecule has 0 radical (unpaired) electrons. The van der Waals surface area contributed by atoms with Crippen LogP contribution in [0.1, 0.15) is 85.4 Å². The Hall–Kier alpha value is -2.37. The summed E-state index contributed by atoms with van der Waals surface area (Å²) in [6.45, 7) is 2.20. The van der Waals surface area contributed by atoms with Crippen molar-refractivity contribution >= 4 is 23.5 Å². The number of carbonyl (C=O) groups excluding carboxylic acids is 3. The normalized spacial score (nSPS) is 10.3. The Balaban J connectivity index is 2.52. The lowest BCUT2D eigenvalue weighted by Crippen LogP contribution is -2.14. The predicted molar refractivity (Wildman–Crippen MR) is 105 cm³/mol. The molecule has 1 aromatic carbocycles. The molecule has 0 bridgehead atoms. The number of esters is 2. The first kappa shape index (κ1) is 22.7. The standard InChI is InChI=1S/C21H31NO5/c1-4-5-6-7-8-9-10-11-12-19(23)22-18-14-16(20(24)26-2)13-17(15-18)21(25)27-3/h13-15H,4-12H2,1-3H3,(H,22,23). The van der Waals surface area contributed by atoms with Crippen molar-refractivity contribution in [3.05, 3.63) is 29.3 Å². The number of hydrogen-bond donors (Lipinski definition) is 1. The van der Waals surface area contributed by atoms with Crippen molar-refractivity contribution in [1.29, 1.82) is 0 Å². The molecule has 0 fully saturated rings. The predicted octanol–water partition coefficient (Wildman–Crippen LogP) is 4.73. The van der Waals surface area contributed by atoms with Gasteiger partial charge in [-0.15, -0.1) is 0 Å². The van der Waals surface area contributed by atoms with E-state index in [4.69, 9.17) is 0 Å². The van der Waals surface area contributed by atoms with Crippen LogP contribution < -0.4 is 5.32 Å². The number of unbranched alkanes of at least 4 members (excludes halogenated alkanes) is 7. The van der Waals surface area contributed by atoms with Crippen molar-refractivity contribution in [2.45, 2.75) is 64.7 Å². The first-order chi connectivity index (χ1) is 13.0. The average Bonchev–Trinajstić information content (AvgIpc) is 2.68. The Kier molecular flexibility index (Phi) is 10.8. The molecule has 27 heavy (non-hydrogen) atoms. The summed E-state index contributed by atoms with van der Waals surface area (Å²) < 4.78 is 9.38. The Morgan fingerprint density at radius 3 is 1.74 bits per heavy atom. The van der Waals surface area contributed by atoms with E-state index in [9.17, 15) is 14.4 Å². The fourth-order valence-corrected chi connectivity index (χ4v) is 2.81. The maximum absolute atomic E-state index is 12.1. The van der Waals surface area contributed by atoms with Gasteiger partial charge in [0.05, 0.1) is 25.3 Å². The number of nitrogens with one attached hydrogen (secondary N) is 1. The molecular formula is C21H31NO5.